The lowest BCUT2D eigenvalue weighted by molar-refractivity contribution is -0.117. The summed E-state index contributed by atoms with van der Waals surface area (Å²) in [5, 5.41) is 5.84. The third kappa shape index (κ3) is 5.65. The second kappa shape index (κ2) is 7.77. The molecule has 2 N–H and O–H groups in total. The molecule has 1 fully saturated rings. The van der Waals surface area contributed by atoms with Crippen LogP contribution in [0.25, 0.3) is 0 Å². The molecule has 1 aliphatic rings. The molecule has 1 saturated carbocycles. The molecule has 0 saturated heterocycles. The van der Waals surface area contributed by atoms with Gasteiger partial charge in [0.15, 0.2) is 0 Å². The van der Waals surface area contributed by atoms with Crippen LogP contribution in [0.1, 0.15) is 19.8 Å². The predicted octanol–water partition coefficient (Wildman–Crippen LogP) is 3.44. The van der Waals surface area contributed by atoms with Crippen LogP contribution in [0.3, 0.4) is 0 Å². The van der Waals surface area contributed by atoms with E-state index < -0.39 is 6.61 Å². The summed E-state index contributed by atoms with van der Waals surface area (Å²) in [5.41, 5.74) is 0.436. The Morgan fingerprint density at radius 1 is 1.43 bits per heavy atom. The number of benzene rings is 1. The van der Waals surface area contributed by atoms with E-state index in [1.807, 2.05) is 0 Å². The highest BCUT2D eigenvalue weighted by Gasteiger charge is 2.25. The molecule has 21 heavy (non-hydrogen) atoms. The maximum Gasteiger partial charge on any atom is 0.387 e. The number of ether oxygens (including phenoxy) is 1. The van der Waals surface area contributed by atoms with Gasteiger partial charge in [0.25, 0.3) is 0 Å². The molecule has 1 aromatic carbocycles. The Morgan fingerprint density at radius 3 is 2.62 bits per heavy atom. The van der Waals surface area contributed by atoms with E-state index in [9.17, 15) is 13.6 Å². The molecule has 2 rings (SSSR count). The maximum absolute atomic E-state index is 12.1. The summed E-state index contributed by atoms with van der Waals surface area (Å²) >= 11 is 5.81. The van der Waals surface area contributed by atoms with Crippen LogP contribution in [0.4, 0.5) is 14.5 Å². The van der Waals surface area contributed by atoms with E-state index in [1.54, 1.807) is 6.92 Å². The van der Waals surface area contributed by atoms with Gasteiger partial charge in [0, 0.05) is 11.7 Å². The molecule has 0 bridgehead atoms. The number of amides is 1. The summed E-state index contributed by atoms with van der Waals surface area (Å²) in [6.45, 7) is -1.17. The Kier molecular flexibility index (Phi) is 6.64. The average molecular weight is 341 g/mol. The molecule has 0 spiro atoms. The minimum atomic E-state index is -2.93. The number of anilines is 1. The van der Waals surface area contributed by atoms with Crippen LogP contribution in [0.15, 0.2) is 18.2 Å². The smallest absolute Gasteiger partial charge is 0.387 e. The predicted molar refractivity (Wildman–Crippen MR) is 79.6 cm³/mol. The lowest BCUT2D eigenvalue weighted by Gasteiger charge is -2.14. The van der Waals surface area contributed by atoms with Crippen molar-refractivity contribution in [3.05, 3.63) is 23.2 Å². The fraction of sp³-hybridized carbons (Fsp3) is 0.462. The molecule has 1 unspecified atom stereocenters. The summed E-state index contributed by atoms with van der Waals surface area (Å²) in [6, 6.07) is 4.23. The van der Waals surface area contributed by atoms with Crippen molar-refractivity contribution in [2.45, 2.75) is 38.5 Å². The van der Waals surface area contributed by atoms with Crippen LogP contribution < -0.4 is 15.4 Å². The molecule has 0 aliphatic heterocycles. The fourth-order valence-electron chi connectivity index (χ4n) is 1.70. The second-order valence-corrected chi connectivity index (χ2v) is 5.08. The van der Waals surface area contributed by atoms with E-state index in [0.717, 1.165) is 12.8 Å². The van der Waals surface area contributed by atoms with Crippen molar-refractivity contribution >= 4 is 35.6 Å². The number of hydrogen-bond donors (Lipinski definition) is 2. The number of halogens is 4. The molecular formula is C13H16Cl2F2N2O2. The highest BCUT2D eigenvalue weighted by atomic mass is 35.5. The Morgan fingerprint density at radius 2 is 2.10 bits per heavy atom. The van der Waals surface area contributed by atoms with Gasteiger partial charge in [-0.05, 0) is 38.0 Å². The molecule has 4 nitrogen and oxygen atoms in total. The molecule has 1 amide bonds. The number of hydrogen-bond acceptors (Lipinski definition) is 3. The molecule has 1 aromatic rings. The summed E-state index contributed by atoms with van der Waals surface area (Å²) in [6.07, 6.45) is 2.17. The summed E-state index contributed by atoms with van der Waals surface area (Å²) in [5.74, 6) is -0.320. The monoisotopic (exact) mass is 340 g/mol. The van der Waals surface area contributed by atoms with E-state index in [0.29, 0.717) is 11.7 Å². The molecule has 1 aliphatic carbocycles. The molecule has 0 radical (unpaired) electrons. The standard InChI is InChI=1S/C13H15ClF2N2O2.ClH/c1-7(17-8-2-3-8)12(19)18-9-4-5-11(10(14)6-9)20-13(15)16;/h4-8,13,17H,2-3H2,1H3,(H,18,19);1H. The van der Waals surface area contributed by atoms with Crippen molar-refractivity contribution < 1.29 is 18.3 Å². The van der Waals surface area contributed by atoms with Gasteiger partial charge in [0.1, 0.15) is 5.75 Å². The van der Waals surface area contributed by atoms with Gasteiger partial charge in [-0.3, -0.25) is 4.79 Å². The van der Waals surface area contributed by atoms with E-state index in [1.165, 1.54) is 18.2 Å². The Labute approximate surface area is 132 Å². The molecule has 0 aromatic heterocycles. The average Bonchev–Trinajstić information content (AvgIpc) is 3.16. The molecule has 8 heteroatoms. The number of carbonyl (C=O) groups is 1. The first kappa shape index (κ1) is 17.9. The van der Waals surface area contributed by atoms with Crippen LogP contribution in [0.5, 0.6) is 5.75 Å². The van der Waals surface area contributed by atoms with E-state index in [4.69, 9.17) is 11.6 Å². The number of nitrogens with one attached hydrogen (secondary N) is 2. The van der Waals surface area contributed by atoms with Gasteiger partial charge in [-0.1, -0.05) is 11.6 Å². The zero-order valence-corrected chi connectivity index (χ0v) is 12.8. The Balaban J connectivity index is 0.00000220. The van der Waals surface area contributed by atoms with Crippen LogP contribution in [-0.2, 0) is 4.79 Å². The maximum atomic E-state index is 12.1. The third-order valence-electron chi connectivity index (χ3n) is 2.87. The van der Waals surface area contributed by atoms with Crippen molar-refractivity contribution in [1.29, 1.82) is 0 Å². The first-order chi connectivity index (χ1) is 9.45. The minimum absolute atomic E-state index is 0. The van der Waals surface area contributed by atoms with Gasteiger partial charge >= 0.3 is 6.61 Å². The number of rotatable bonds is 6. The molecule has 118 valence electrons. The first-order valence-electron chi connectivity index (χ1n) is 6.27. The van der Waals surface area contributed by atoms with Crippen molar-refractivity contribution in [3.8, 4) is 5.75 Å². The van der Waals surface area contributed by atoms with Crippen LogP contribution in [-0.4, -0.2) is 24.6 Å². The van der Waals surface area contributed by atoms with Crippen LogP contribution >= 0.6 is 24.0 Å². The number of carbonyl (C=O) groups excluding carboxylic acids is 1. The topological polar surface area (TPSA) is 50.4 Å². The summed E-state index contributed by atoms with van der Waals surface area (Å²) < 4.78 is 28.4. The van der Waals surface area contributed by atoms with Gasteiger partial charge in [-0.15, -0.1) is 12.4 Å². The zero-order chi connectivity index (χ0) is 14.7. The third-order valence-corrected chi connectivity index (χ3v) is 3.17. The van der Waals surface area contributed by atoms with E-state index >= 15 is 0 Å². The SMILES string of the molecule is CC(NC1CC1)C(=O)Nc1ccc(OC(F)F)c(Cl)c1.Cl. The lowest BCUT2D eigenvalue weighted by Crippen LogP contribution is -2.39. The van der Waals surface area contributed by atoms with Crippen molar-refractivity contribution in [2.75, 3.05) is 5.32 Å². The van der Waals surface area contributed by atoms with Crippen molar-refractivity contribution in [1.82, 2.24) is 5.32 Å². The normalized spacial score (nSPS) is 15.3. The highest BCUT2D eigenvalue weighted by Crippen LogP contribution is 2.29. The van der Waals surface area contributed by atoms with E-state index in [-0.39, 0.29) is 35.1 Å². The molecule has 1 atom stereocenters. The quantitative estimate of drug-likeness (QED) is 0.833. The highest BCUT2D eigenvalue weighted by molar-refractivity contribution is 6.32. The van der Waals surface area contributed by atoms with E-state index in [2.05, 4.69) is 15.4 Å². The number of alkyl halides is 2. The van der Waals surface area contributed by atoms with Gasteiger partial charge in [-0.2, -0.15) is 8.78 Å². The van der Waals surface area contributed by atoms with Crippen LogP contribution in [0, 0.1) is 0 Å². The van der Waals surface area contributed by atoms with Crippen LogP contribution in [0.2, 0.25) is 5.02 Å². The van der Waals surface area contributed by atoms with Crippen molar-refractivity contribution in [2.24, 2.45) is 0 Å². The second-order valence-electron chi connectivity index (χ2n) is 4.68. The van der Waals surface area contributed by atoms with Gasteiger partial charge in [0.2, 0.25) is 5.91 Å². The lowest BCUT2D eigenvalue weighted by atomic mass is 10.2. The first-order valence-corrected chi connectivity index (χ1v) is 6.65. The summed E-state index contributed by atoms with van der Waals surface area (Å²) in [7, 11) is 0. The molecule has 0 heterocycles. The van der Waals surface area contributed by atoms with Gasteiger partial charge in [-0.25, -0.2) is 0 Å². The largest absolute Gasteiger partial charge is 0.433 e. The van der Waals surface area contributed by atoms with Gasteiger partial charge < -0.3 is 15.4 Å². The van der Waals surface area contributed by atoms with Gasteiger partial charge in [0.05, 0.1) is 11.1 Å². The Bertz CT molecular complexity index is 499. The summed E-state index contributed by atoms with van der Waals surface area (Å²) in [4.78, 5) is 11.9. The zero-order valence-electron chi connectivity index (χ0n) is 11.2. The Hall–Kier alpha value is -1.11. The molecular weight excluding hydrogens is 325 g/mol. The minimum Gasteiger partial charge on any atom is -0.433 e. The van der Waals surface area contributed by atoms with Crippen molar-refractivity contribution in [3.63, 3.8) is 0 Å². The fourth-order valence-corrected chi connectivity index (χ4v) is 1.92.